The van der Waals surface area contributed by atoms with Gasteiger partial charge in [-0.25, -0.2) is 0 Å². The first-order chi connectivity index (χ1) is 14.7. The molecule has 30 heavy (non-hydrogen) atoms. The van der Waals surface area contributed by atoms with Gasteiger partial charge in [0, 0.05) is 56.4 Å². The van der Waals surface area contributed by atoms with Crippen molar-refractivity contribution in [1.29, 1.82) is 5.41 Å². The molecule has 1 saturated heterocycles. The van der Waals surface area contributed by atoms with Crippen LogP contribution in [0.1, 0.15) is 29.7 Å². The number of ether oxygens (including phenoxy) is 1. The second kappa shape index (κ2) is 9.05. The maximum absolute atomic E-state index is 12.9. The summed E-state index contributed by atoms with van der Waals surface area (Å²) in [5, 5.41) is 11.2. The summed E-state index contributed by atoms with van der Waals surface area (Å²) in [6, 6.07) is 16.4. The van der Waals surface area contributed by atoms with Gasteiger partial charge < -0.3 is 20.0 Å². The average Bonchev–Trinajstić information content (AvgIpc) is 2.79. The molecule has 1 aliphatic heterocycles. The highest BCUT2D eigenvalue weighted by Crippen LogP contribution is 2.21. The maximum Gasteiger partial charge on any atom is 0.261 e. The third kappa shape index (κ3) is 4.33. The Kier molecular flexibility index (Phi) is 6.05. The highest BCUT2D eigenvalue weighted by Gasteiger charge is 2.18. The van der Waals surface area contributed by atoms with Crippen molar-refractivity contribution in [1.82, 2.24) is 9.55 Å². The molecule has 2 N–H and O–H groups in total. The van der Waals surface area contributed by atoms with E-state index in [-0.39, 0.29) is 11.6 Å². The van der Waals surface area contributed by atoms with Gasteiger partial charge in [-0.2, -0.15) is 0 Å². The molecular formula is C24H26N4O2. The monoisotopic (exact) mass is 402 g/mol. The Morgan fingerprint density at radius 1 is 1.20 bits per heavy atom. The molecule has 6 nitrogen and oxygen atoms in total. The molecule has 0 unspecified atom stereocenters. The first kappa shape index (κ1) is 20.0. The van der Waals surface area contributed by atoms with Crippen LogP contribution in [0.15, 0.2) is 59.5 Å². The first-order valence-electron chi connectivity index (χ1n) is 10.2. The van der Waals surface area contributed by atoms with E-state index in [4.69, 9.17) is 10.1 Å². The zero-order valence-electron chi connectivity index (χ0n) is 17.1. The molecule has 3 aromatic rings. The molecule has 1 aliphatic rings. The van der Waals surface area contributed by atoms with Gasteiger partial charge in [-0.05, 0) is 36.6 Å². The van der Waals surface area contributed by atoms with Crippen LogP contribution < -0.4 is 10.9 Å². The lowest BCUT2D eigenvalue weighted by Gasteiger charge is -2.25. The predicted molar refractivity (Wildman–Crippen MR) is 120 cm³/mol. The molecule has 0 amide bonds. The van der Waals surface area contributed by atoms with E-state index in [1.807, 2.05) is 24.3 Å². The Morgan fingerprint density at radius 3 is 2.63 bits per heavy atom. The third-order valence-electron chi connectivity index (χ3n) is 5.59. The van der Waals surface area contributed by atoms with Gasteiger partial charge in [0.05, 0.1) is 16.9 Å². The lowest BCUT2D eigenvalue weighted by Crippen LogP contribution is -2.31. The second-order valence-electron chi connectivity index (χ2n) is 7.59. The fourth-order valence-electron chi connectivity index (χ4n) is 3.79. The SMILES string of the molecule is Cn1c(Cc2ccc(-c3ccccn3)cc2)cc(NC2CCOCC2)c(C=N)c1=O. The molecule has 1 fully saturated rings. The Balaban J connectivity index is 1.60. The van der Waals surface area contributed by atoms with Crippen LogP contribution in [-0.4, -0.2) is 35.0 Å². The molecule has 0 aliphatic carbocycles. The van der Waals surface area contributed by atoms with Gasteiger partial charge in [0.15, 0.2) is 0 Å². The molecule has 3 heterocycles. The van der Waals surface area contributed by atoms with E-state index in [1.54, 1.807) is 17.8 Å². The minimum absolute atomic E-state index is 0.151. The summed E-state index contributed by atoms with van der Waals surface area (Å²) >= 11 is 0. The van der Waals surface area contributed by atoms with Crippen molar-refractivity contribution in [3.8, 4) is 11.3 Å². The number of benzene rings is 1. The van der Waals surface area contributed by atoms with Gasteiger partial charge in [-0.1, -0.05) is 30.3 Å². The summed E-state index contributed by atoms with van der Waals surface area (Å²) in [5.74, 6) is 0. The fraction of sp³-hybridized carbons (Fsp3) is 0.292. The van der Waals surface area contributed by atoms with E-state index in [0.29, 0.717) is 12.0 Å². The third-order valence-corrected chi connectivity index (χ3v) is 5.59. The molecule has 1 aromatic carbocycles. The molecular weight excluding hydrogens is 376 g/mol. The number of pyridine rings is 2. The molecule has 0 bridgehead atoms. The highest BCUT2D eigenvalue weighted by molar-refractivity contribution is 5.85. The second-order valence-corrected chi connectivity index (χ2v) is 7.59. The number of nitrogens with one attached hydrogen (secondary N) is 2. The molecule has 2 aromatic heterocycles. The predicted octanol–water partition coefficient (Wildman–Crippen LogP) is 3.63. The minimum atomic E-state index is -0.151. The number of anilines is 1. The summed E-state index contributed by atoms with van der Waals surface area (Å²) in [6.07, 6.45) is 5.37. The summed E-state index contributed by atoms with van der Waals surface area (Å²) in [7, 11) is 1.77. The number of nitrogens with zero attached hydrogens (tertiary/aromatic N) is 2. The van der Waals surface area contributed by atoms with E-state index in [1.165, 1.54) is 0 Å². The summed E-state index contributed by atoms with van der Waals surface area (Å²) < 4.78 is 7.07. The van der Waals surface area contributed by atoms with Gasteiger partial charge in [0.1, 0.15) is 0 Å². The molecule has 154 valence electrons. The summed E-state index contributed by atoms with van der Waals surface area (Å²) in [4.78, 5) is 17.2. The van der Waals surface area contributed by atoms with Crippen molar-refractivity contribution < 1.29 is 4.74 Å². The van der Waals surface area contributed by atoms with Crippen LogP contribution in [0.2, 0.25) is 0 Å². The van der Waals surface area contributed by atoms with E-state index in [2.05, 4.69) is 34.6 Å². The number of hydrogen-bond donors (Lipinski definition) is 2. The lowest BCUT2D eigenvalue weighted by atomic mass is 10.0. The van der Waals surface area contributed by atoms with Gasteiger partial charge in [-0.3, -0.25) is 9.78 Å². The number of hydrogen-bond acceptors (Lipinski definition) is 5. The quantitative estimate of drug-likeness (QED) is 0.617. The van der Waals surface area contributed by atoms with Crippen LogP contribution in [0.4, 0.5) is 5.69 Å². The zero-order valence-corrected chi connectivity index (χ0v) is 17.1. The largest absolute Gasteiger partial charge is 0.381 e. The normalized spacial score (nSPS) is 14.4. The standard InChI is InChI=1S/C24H26N4O2/c1-28-20(14-17-5-7-18(8-6-17)22-4-2-3-11-26-22)15-23(21(16-25)24(28)29)27-19-9-12-30-13-10-19/h2-8,11,15-16,19,25,27H,9-10,12-14H2,1H3. The molecule has 0 spiro atoms. The van der Waals surface area contributed by atoms with Crippen molar-refractivity contribution >= 4 is 11.9 Å². The minimum Gasteiger partial charge on any atom is -0.381 e. The Hall–Kier alpha value is -3.25. The fourth-order valence-corrected chi connectivity index (χ4v) is 3.79. The average molecular weight is 402 g/mol. The summed E-state index contributed by atoms with van der Waals surface area (Å²) in [5.41, 5.74) is 5.01. The van der Waals surface area contributed by atoms with E-state index < -0.39 is 0 Å². The van der Waals surface area contributed by atoms with Crippen molar-refractivity contribution in [2.45, 2.75) is 25.3 Å². The molecule has 4 rings (SSSR count). The van der Waals surface area contributed by atoms with E-state index in [0.717, 1.165) is 60.5 Å². The Labute approximate surface area is 176 Å². The number of rotatable bonds is 6. The van der Waals surface area contributed by atoms with E-state index in [9.17, 15) is 4.79 Å². The van der Waals surface area contributed by atoms with Gasteiger partial charge in [0.2, 0.25) is 0 Å². The molecule has 0 atom stereocenters. The van der Waals surface area contributed by atoms with Crippen molar-refractivity contribution in [2.24, 2.45) is 7.05 Å². The van der Waals surface area contributed by atoms with Crippen LogP contribution >= 0.6 is 0 Å². The van der Waals surface area contributed by atoms with Crippen LogP contribution in [0, 0.1) is 5.41 Å². The molecule has 6 heteroatoms. The molecule has 0 saturated carbocycles. The topological polar surface area (TPSA) is 80.0 Å². The Morgan fingerprint density at radius 2 is 1.97 bits per heavy atom. The zero-order chi connectivity index (χ0) is 20.9. The smallest absolute Gasteiger partial charge is 0.261 e. The van der Waals surface area contributed by atoms with Crippen LogP contribution in [0.5, 0.6) is 0 Å². The number of aromatic nitrogens is 2. The Bertz CT molecular complexity index is 1070. The van der Waals surface area contributed by atoms with Crippen LogP contribution in [0.25, 0.3) is 11.3 Å². The highest BCUT2D eigenvalue weighted by atomic mass is 16.5. The van der Waals surface area contributed by atoms with Crippen molar-refractivity contribution in [3.63, 3.8) is 0 Å². The van der Waals surface area contributed by atoms with Crippen LogP contribution in [-0.2, 0) is 18.2 Å². The van der Waals surface area contributed by atoms with Gasteiger partial charge in [-0.15, -0.1) is 0 Å². The van der Waals surface area contributed by atoms with Crippen LogP contribution in [0.3, 0.4) is 0 Å². The lowest BCUT2D eigenvalue weighted by molar-refractivity contribution is 0.0904. The van der Waals surface area contributed by atoms with Gasteiger partial charge >= 0.3 is 0 Å². The first-order valence-corrected chi connectivity index (χ1v) is 10.2. The van der Waals surface area contributed by atoms with Crippen molar-refractivity contribution in [3.05, 3.63) is 81.9 Å². The van der Waals surface area contributed by atoms with Gasteiger partial charge in [0.25, 0.3) is 5.56 Å². The van der Waals surface area contributed by atoms with Crippen molar-refractivity contribution in [2.75, 3.05) is 18.5 Å². The summed E-state index contributed by atoms with van der Waals surface area (Å²) in [6.45, 7) is 1.44. The maximum atomic E-state index is 12.9. The van der Waals surface area contributed by atoms with E-state index >= 15 is 0 Å². The molecule has 0 radical (unpaired) electrons.